The van der Waals surface area contributed by atoms with Crippen molar-refractivity contribution in [1.29, 1.82) is 0 Å². The quantitative estimate of drug-likeness (QED) is 0.856. The lowest BCUT2D eigenvalue weighted by Gasteiger charge is -2.31. The maximum atomic E-state index is 12.5. The van der Waals surface area contributed by atoms with Gasteiger partial charge in [0.05, 0.1) is 7.11 Å². The van der Waals surface area contributed by atoms with E-state index < -0.39 is 0 Å². The minimum Gasteiger partial charge on any atom is -0.497 e. The average molecular weight is 358 g/mol. The summed E-state index contributed by atoms with van der Waals surface area (Å²) in [5, 5.41) is 6.72. The fraction of sp³-hybridized carbons (Fsp3) is 0.526. The second kappa shape index (κ2) is 8.21. The van der Waals surface area contributed by atoms with Crippen molar-refractivity contribution < 1.29 is 9.53 Å². The van der Waals surface area contributed by atoms with Crippen molar-refractivity contribution in [1.82, 2.24) is 19.7 Å². The Morgan fingerprint density at radius 3 is 2.58 bits per heavy atom. The van der Waals surface area contributed by atoms with Gasteiger partial charge in [0.15, 0.2) is 0 Å². The molecule has 1 aliphatic heterocycles. The van der Waals surface area contributed by atoms with Crippen molar-refractivity contribution in [2.45, 2.75) is 45.1 Å². The fourth-order valence-electron chi connectivity index (χ4n) is 3.54. The number of likely N-dealkylation sites (tertiary alicyclic amines) is 1. The number of carbonyl (C=O) groups is 1. The van der Waals surface area contributed by atoms with Crippen LogP contribution in [0.25, 0.3) is 0 Å². The van der Waals surface area contributed by atoms with Crippen LogP contribution in [0, 0.1) is 0 Å². The maximum absolute atomic E-state index is 12.5. The van der Waals surface area contributed by atoms with E-state index in [0.717, 1.165) is 49.5 Å². The molecule has 26 heavy (non-hydrogen) atoms. The number of rotatable bonds is 6. The van der Waals surface area contributed by atoms with Crippen LogP contribution in [0.15, 0.2) is 29.1 Å². The molecule has 1 aromatic carbocycles. The van der Waals surface area contributed by atoms with Gasteiger partial charge in [-0.2, -0.15) is 5.10 Å². The molecule has 2 aromatic rings. The molecule has 1 aliphatic rings. The van der Waals surface area contributed by atoms with E-state index in [2.05, 4.69) is 10.2 Å². The standard InChI is InChI=1S/C19H26N4O3/c1-3-23-18(20-21-19(23)25)15-10-12-22(13-11-15)17(24)9-6-14-4-7-16(26-2)8-5-14/h4-5,7-8,15H,3,6,9-13H2,1-2H3,(H,21,25). The summed E-state index contributed by atoms with van der Waals surface area (Å²) in [6, 6.07) is 7.84. The summed E-state index contributed by atoms with van der Waals surface area (Å²) < 4.78 is 6.84. The summed E-state index contributed by atoms with van der Waals surface area (Å²) in [6.45, 7) is 4.00. The van der Waals surface area contributed by atoms with Gasteiger partial charge in [-0.3, -0.25) is 9.36 Å². The number of benzene rings is 1. The molecular formula is C19H26N4O3. The van der Waals surface area contributed by atoms with Crippen LogP contribution < -0.4 is 10.4 Å². The van der Waals surface area contributed by atoms with E-state index in [1.54, 1.807) is 11.7 Å². The van der Waals surface area contributed by atoms with Crippen LogP contribution in [0.5, 0.6) is 5.75 Å². The summed E-state index contributed by atoms with van der Waals surface area (Å²) >= 11 is 0. The molecule has 0 radical (unpaired) electrons. The Kier molecular flexibility index (Phi) is 5.75. The topological polar surface area (TPSA) is 80.2 Å². The first kappa shape index (κ1) is 18.2. The number of carbonyl (C=O) groups excluding carboxylic acids is 1. The lowest BCUT2D eigenvalue weighted by atomic mass is 9.95. The van der Waals surface area contributed by atoms with Crippen LogP contribution >= 0.6 is 0 Å². The zero-order chi connectivity index (χ0) is 18.5. The Balaban J connectivity index is 1.50. The number of hydrogen-bond acceptors (Lipinski definition) is 4. The van der Waals surface area contributed by atoms with Crippen molar-refractivity contribution in [2.24, 2.45) is 0 Å². The van der Waals surface area contributed by atoms with Crippen molar-refractivity contribution in [3.63, 3.8) is 0 Å². The highest BCUT2D eigenvalue weighted by Gasteiger charge is 2.27. The lowest BCUT2D eigenvalue weighted by molar-refractivity contribution is -0.132. The van der Waals surface area contributed by atoms with Crippen LogP contribution in [0.1, 0.15) is 43.5 Å². The van der Waals surface area contributed by atoms with Crippen molar-refractivity contribution in [3.8, 4) is 5.75 Å². The first-order valence-electron chi connectivity index (χ1n) is 9.18. The Labute approximate surface area is 153 Å². The number of H-pyrrole nitrogens is 1. The minimum absolute atomic E-state index is 0.152. The summed E-state index contributed by atoms with van der Waals surface area (Å²) in [5.74, 6) is 2.07. The molecule has 2 heterocycles. The molecule has 0 atom stereocenters. The third kappa shape index (κ3) is 3.98. The van der Waals surface area contributed by atoms with Gasteiger partial charge in [0.1, 0.15) is 11.6 Å². The van der Waals surface area contributed by atoms with Gasteiger partial charge < -0.3 is 9.64 Å². The molecule has 140 valence electrons. The Morgan fingerprint density at radius 2 is 1.96 bits per heavy atom. The minimum atomic E-state index is -0.152. The number of aromatic amines is 1. The highest BCUT2D eigenvalue weighted by molar-refractivity contribution is 5.76. The van der Waals surface area contributed by atoms with Crippen LogP contribution in [0.3, 0.4) is 0 Å². The van der Waals surface area contributed by atoms with E-state index in [4.69, 9.17) is 4.74 Å². The molecular weight excluding hydrogens is 332 g/mol. The molecule has 0 aliphatic carbocycles. The van der Waals surface area contributed by atoms with E-state index in [1.807, 2.05) is 36.1 Å². The van der Waals surface area contributed by atoms with E-state index in [9.17, 15) is 9.59 Å². The second-order valence-electron chi connectivity index (χ2n) is 6.63. The smallest absolute Gasteiger partial charge is 0.343 e. The first-order chi connectivity index (χ1) is 12.6. The van der Waals surface area contributed by atoms with Crippen molar-refractivity contribution >= 4 is 5.91 Å². The third-order valence-electron chi connectivity index (χ3n) is 5.10. The highest BCUT2D eigenvalue weighted by Crippen LogP contribution is 2.26. The number of aromatic nitrogens is 3. The SMILES string of the molecule is CCn1c(C2CCN(C(=O)CCc3ccc(OC)cc3)CC2)n[nH]c1=O. The molecule has 3 rings (SSSR count). The second-order valence-corrected chi connectivity index (χ2v) is 6.63. The number of methoxy groups -OCH3 is 1. The Morgan fingerprint density at radius 1 is 1.27 bits per heavy atom. The lowest BCUT2D eigenvalue weighted by Crippen LogP contribution is -2.38. The van der Waals surface area contributed by atoms with Crippen LogP contribution in [-0.4, -0.2) is 45.8 Å². The number of hydrogen-bond donors (Lipinski definition) is 1. The van der Waals surface area contributed by atoms with E-state index in [0.29, 0.717) is 13.0 Å². The summed E-state index contributed by atoms with van der Waals surface area (Å²) in [6.07, 6.45) is 2.94. The number of piperidine rings is 1. The van der Waals surface area contributed by atoms with Crippen LogP contribution in [0.2, 0.25) is 0 Å². The number of nitrogens with zero attached hydrogens (tertiary/aromatic N) is 3. The third-order valence-corrected chi connectivity index (χ3v) is 5.10. The predicted octanol–water partition coefficient (Wildman–Crippen LogP) is 1.94. The van der Waals surface area contributed by atoms with Crippen LogP contribution in [-0.2, 0) is 17.8 Å². The number of aryl methyl sites for hydroxylation is 1. The van der Waals surface area contributed by atoms with Crippen molar-refractivity contribution in [2.75, 3.05) is 20.2 Å². The normalized spacial score (nSPS) is 15.2. The van der Waals surface area contributed by atoms with Gasteiger partial charge in [0, 0.05) is 32.0 Å². The van der Waals surface area contributed by atoms with Crippen molar-refractivity contribution in [3.05, 3.63) is 46.1 Å². The van der Waals surface area contributed by atoms with Gasteiger partial charge in [0.25, 0.3) is 0 Å². The van der Waals surface area contributed by atoms with Gasteiger partial charge in [0.2, 0.25) is 5.91 Å². The molecule has 0 bridgehead atoms. The highest BCUT2D eigenvalue weighted by atomic mass is 16.5. The van der Waals surface area contributed by atoms with E-state index in [-0.39, 0.29) is 17.5 Å². The molecule has 1 amide bonds. The number of ether oxygens (including phenoxy) is 1. The predicted molar refractivity (Wildman–Crippen MR) is 98.4 cm³/mol. The summed E-state index contributed by atoms with van der Waals surface area (Å²) in [5.41, 5.74) is 0.984. The Hall–Kier alpha value is -2.57. The number of amides is 1. The Bertz CT molecular complexity index is 786. The zero-order valence-electron chi connectivity index (χ0n) is 15.4. The molecule has 1 N–H and O–H groups in total. The van der Waals surface area contributed by atoms with Gasteiger partial charge in [-0.25, -0.2) is 9.89 Å². The van der Waals surface area contributed by atoms with Gasteiger partial charge in [-0.15, -0.1) is 0 Å². The molecule has 1 aromatic heterocycles. The fourth-order valence-corrected chi connectivity index (χ4v) is 3.54. The maximum Gasteiger partial charge on any atom is 0.343 e. The van der Waals surface area contributed by atoms with Gasteiger partial charge >= 0.3 is 5.69 Å². The molecule has 0 saturated carbocycles. The summed E-state index contributed by atoms with van der Waals surface area (Å²) in [4.78, 5) is 26.1. The molecule has 7 nitrogen and oxygen atoms in total. The molecule has 0 unspecified atom stereocenters. The van der Waals surface area contributed by atoms with E-state index in [1.165, 1.54) is 0 Å². The van der Waals surface area contributed by atoms with Gasteiger partial charge in [-0.1, -0.05) is 12.1 Å². The molecule has 1 saturated heterocycles. The molecule has 7 heteroatoms. The number of nitrogens with one attached hydrogen (secondary N) is 1. The van der Waals surface area contributed by atoms with Crippen LogP contribution in [0.4, 0.5) is 0 Å². The average Bonchev–Trinajstić information content (AvgIpc) is 3.07. The van der Waals surface area contributed by atoms with Gasteiger partial charge in [-0.05, 0) is 43.9 Å². The molecule has 1 fully saturated rings. The largest absolute Gasteiger partial charge is 0.497 e. The first-order valence-corrected chi connectivity index (χ1v) is 9.18. The molecule has 0 spiro atoms. The zero-order valence-corrected chi connectivity index (χ0v) is 15.4. The monoisotopic (exact) mass is 358 g/mol. The summed E-state index contributed by atoms with van der Waals surface area (Å²) in [7, 11) is 1.64. The van der Waals surface area contributed by atoms with E-state index >= 15 is 0 Å².